The molecule has 1 atom stereocenters. The maximum atomic E-state index is 13.5. The van der Waals surface area contributed by atoms with E-state index in [9.17, 15) is 14.4 Å². The molecule has 0 radical (unpaired) electrons. The van der Waals surface area contributed by atoms with Crippen LogP contribution in [0.15, 0.2) is 42.5 Å². The van der Waals surface area contributed by atoms with Crippen LogP contribution in [0.2, 0.25) is 0 Å². The number of likely N-dealkylation sites (tertiary alicyclic amines) is 1. The third-order valence-electron chi connectivity index (χ3n) is 7.14. The average Bonchev–Trinajstić information content (AvgIpc) is 3.40. The predicted octanol–water partition coefficient (Wildman–Crippen LogP) is 3.25. The van der Waals surface area contributed by atoms with Gasteiger partial charge in [0.1, 0.15) is 12.6 Å². The van der Waals surface area contributed by atoms with Crippen molar-refractivity contribution in [3.05, 3.63) is 59.2 Å². The Hall–Kier alpha value is -3.35. The van der Waals surface area contributed by atoms with Crippen LogP contribution in [-0.2, 0) is 16.1 Å². The van der Waals surface area contributed by atoms with Crippen molar-refractivity contribution in [2.45, 2.75) is 51.6 Å². The molecule has 0 spiro atoms. The molecule has 34 heavy (non-hydrogen) atoms. The highest BCUT2D eigenvalue weighted by molar-refractivity contribution is 6.09. The van der Waals surface area contributed by atoms with Gasteiger partial charge in [-0.25, -0.2) is 0 Å². The minimum Gasteiger partial charge on any atom is -0.358 e. The number of fused-ring (bicyclic) bond motifs is 3. The molecule has 2 saturated heterocycles. The monoisotopic (exact) mass is 460 g/mol. The Morgan fingerprint density at radius 3 is 2.56 bits per heavy atom. The van der Waals surface area contributed by atoms with Gasteiger partial charge in [-0.2, -0.15) is 0 Å². The average molecular weight is 461 g/mol. The van der Waals surface area contributed by atoms with E-state index in [1.165, 1.54) is 0 Å². The number of nitrogens with one attached hydrogen (secondary N) is 1. The second-order valence-corrected chi connectivity index (χ2v) is 9.60. The lowest BCUT2D eigenvalue weighted by Gasteiger charge is -2.45. The Bertz CT molecular complexity index is 1110. The molecule has 3 aliphatic rings. The highest BCUT2D eigenvalue weighted by Gasteiger charge is 2.40. The van der Waals surface area contributed by atoms with Crippen molar-refractivity contribution in [2.75, 3.05) is 36.0 Å². The minimum atomic E-state index is -0.244. The van der Waals surface area contributed by atoms with E-state index in [1.807, 2.05) is 54.3 Å². The summed E-state index contributed by atoms with van der Waals surface area (Å²) in [7, 11) is 0. The fourth-order valence-corrected chi connectivity index (χ4v) is 5.38. The van der Waals surface area contributed by atoms with Gasteiger partial charge in [0.25, 0.3) is 5.91 Å². The molecule has 0 saturated carbocycles. The SMILES string of the molecule is Cc1cccc(CNC(=O)CN2C(=O)[C@@H]3CCCCN3c3ccc(C(=O)N4CCCC4)cc32)c1. The van der Waals surface area contributed by atoms with Gasteiger partial charge in [0, 0.05) is 31.7 Å². The summed E-state index contributed by atoms with van der Waals surface area (Å²) < 4.78 is 0. The predicted molar refractivity (Wildman–Crippen MR) is 132 cm³/mol. The van der Waals surface area contributed by atoms with Crippen molar-refractivity contribution in [2.24, 2.45) is 0 Å². The van der Waals surface area contributed by atoms with Crippen LogP contribution < -0.4 is 15.1 Å². The number of amides is 3. The first-order valence-electron chi connectivity index (χ1n) is 12.3. The number of benzene rings is 2. The molecule has 3 amide bonds. The van der Waals surface area contributed by atoms with Crippen LogP contribution in [0.1, 0.15) is 53.6 Å². The third kappa shape index (κ3) is 4.39. The van der Waals surface area contributed by atoms with Crippen LogP contribution in [0.25, 0.3) is 0 Å². The molecule has 7 nitrogen and oxygen atoms in total. The van der Waals surface area contributed by atoms with Crippen molar-refractivity contribution in [3.8, 4) is 0 Å². The topological polar surface area (TPSA) is 73.0 Å². The van der Waals surface area contributed by atoms with E-state index >= 15 is 0 Å². The maximum absolute atomic E-state index is 13.5. The largest absolute Gasteiger partial charge is 0.358 e. The van der Waals surface area contributed by atoms with Crippen molar-refractivity contribution < 1.29 is 14.4 Å². The van der Waals surface area contributed by atoms with Gasteiger partial charge in [-0.1, -0.05) is 29.8 Å². The molecule has 178 valence electrons. The van der Waals surface area contributed by atoms with E-state index in [1.54, 1.807) is 4.90 Å². The Labute approximate surface area is 200 Å². The fraction of sp³-hybridized carbons (Fsp3) is 0.444. The third-order valence-corrected chi connectivity index (χ3v) is 7.14. The van der Waals surface area contributed by atoms with Crippen molar-refractivity contribution in [3.63, 3.8) is 0 Å². The lowest BCUT2D eigenvalue weighted by atomic mass is 9.95. The van der Waals surface area contributed by atoms with Crippen molar-refractivity contribution in [1.82, 2.24) is 10.2 Å². The van der Waals surface area contributed by atoms with Gasteiger partial charge in [0.05, 0.1) is 11.4 Å². The summed E-state index contributed by atoms with van der Waals surface area (Å²) >= 11 is 0. The zero-order chi connectivity index (χ0) is 23.7. The molecule has 0 bridgehead atoms. The summed E-state index contributed by atoms with van der Waals surface area (Å²) in [6.45, 7) is 4.74. The number of hydrogen-bond donors (Lipinski definition) is 1. The fourth-order valence-electron chi connectivity index (χ4n) is 5.38. The molecular formula is C27H32N4O3. The van der Waals surface area contributed by atoms with Crippen LogP contribution in [0, 0.1) is 6.92 Å². The van der Waals surface area contributed by atoms with Gasteiger partial charge in [-0.15, -0.1) is 0 Å². The first kappa shape index (κ1) is 22.4. The standard InChI is InChI=1S/C27H32N4O3/c1-19-7-6-8-20(15-19)17-28-25(32)18-31-24-16-21(26(33)29-12-4-5-13-29)10-11-22(24)30-14-3-2-9-23(30)27(31)34/h6-8,10-11,15-16,23H,2-5,9,12-14,17-18H2,1H3,(H,28,32)/t23-/m0/s1. The Balaban J connectivity index is 1.40. The summed E-state index contributed by atoms with van der Waals surface area (Å²) in [6.07, 6.45) is 4.87. The molecule has 5 rings (SSSR count). The van der Waals surface area contributed by atoms with E-state index in [0.717, 1.165) is 68.6 Å². The maximum Gasteiger partial charge on any atom is 0.253 e. The molecule has 0 unspecified atom stereocenters. The molecular weight excluding hydrogens is 428 g/mol. The zero-order valence-electron chi connectivity index (χ0n) is 19.8. The van der Waals surface area contributed by atoms with Gasteiger partial charge in [0.2, 0.25) is 11.8 Å². The van der Waals surface area contributed by atoms with Gasteiger partial charge in [-0.05, 0) is 62.8 Å². The first-order valence-corrected chi connectivity index (χ1v) is 12.3. The van der Waals surface area contributed by atoms with E-state index in [0.29, 0.717) is 17.8 Å². The normalized spacial score (nSPS) is 19.6. The molecule has 7 heteroatoms. The minimum absolute atomic E-state index is 0.00244. The Morgan fingerprint density at radius 2 is 1.76 bits per heavy atom. The molecule has 2 aromatic carbocycles. The second kappa shape index (κ2) is 9.49. The van der Waals surface area contributed by atoms with Crippen LogP contribution in [-0.4, -0.2) is 54.8 Å². The molecule has 0 aliphatic carbocycles. The van der Waals surface area contributed by atoms with E-state index < -0.39 is 0 Å². The van der Waals surface area contributed by atoms with E-state index in [2.05, 4.69) is 10.2 Å². The van der Waals surface area contributed by atoms with Gasteiger partial charge in [-0.3, -0.25) is 19.3 Å². The summed E-state index contributed by atoms with van der Waals surface area (Å²) in [4.78, 5) is 45.1. The first-order chi connectivity index (χ1) is 16.5. The van der Waals surface area contributed by atoms with E-state index in [-0.39, 0.29) is 30.3 Å². The smallest absolute Gasteiger partial charge is 0.253 e. The summed E-state index contributed by atoms with van der Waals surface area (Å²) in [6, 6.07) is 13.4. The van der Waals surface area contributed by atoms with Gasteiger partial charge < -0.3 is 15.1 Å². The van der Waals surface area contributed by atoms with Gasteiger partial charge in [0.15, 0.2) is 0 Å². The summed E-state index contributed by atoms with van der Waals surface area (Å²) in [5, 5.41) is 2.96. The molecule has 1 N–H and O–H groups in total. The molecule has 3 aliphatic heterocycles. The molecule has 2 aromatic rings. The molecule has 3 heterocycles. The van der Waals surface area contributed by atoms with Crippen LogP contribution in [0.4, 0.5) is 11.4 Å². The van der Waals surface area contributed by atoms with Crippen LogP contribution >= 0.6 is 0 Å². The lowest BCUT2D eigenvalue weighted by Crippen LogP contribution is -2.57. The lowest BCUT2D eigenvalue weighted by molar-refractivity contribution is -0.125. The van der Waals surface area contributed by atoms with Crippen LogP contribution in [0.3, 0.4) is 0 Å². The second-order valence-electron chi connectivity index (χ2n) is 9.60. The molecule has 0 aromatic heterocycles. The number of carbonyl (C=O) groups is 3. The quantitative estimate of drug-likeness (QED) is 0.744. The number of aryl methyl sites for hydroxylation is 1. The Morgan fingerprint density at radius 1 is 0.971 bits per heavy atom. The molecule has 2 fully saturated rings. The number of hydrogen-bond acceptors (Lipinski definition) is 4. The Kier molecular flexibility index (Phi) is 6.26. The number of carbonyl (C=O) groups excluding carboxylic acids is 3. The highest BCUT2D eigenvalue weighted by atomic mass is 16.2. The van der Waals surface area contributed by atoms with Gasteiger partial charge >= 0.3 is 0 Å². The number of rotatable bonds is 5. The number of piperidine rings is 1. The highest BCUT2D eigenvalue weighted by Crippen LogP contribution is 2.40. The number of nitrogens with zero attached hydrogens (tertiary/aromatic N) is 3. The summed E-state index contributed by atoms with van der Waals surface area (Å²) in [5.41, 5.74) is 4.34. The van der Waals surface area contributed by atoms with Crippen molar-refractivity contribution >= 4 is 29.1 Å². The number of anilines is 2. The van der Waals surface area contributed by atoms with Crippen LogP contribution in [0.5, 0.6) is 0 Å². The zero-order valence-corrected chi connectivity index (χ0v) is 19.8. The summed E-state index contributed by atoms with van der Waals surface area (Å²) in [5.74, 6) is -0.262. The van der Waals surface area contributed by atoms with E-state index in [4.69, 9.17) is 0 Å². The van der Waals surface area contributed by atoms with Crippen molar-refractivity contribution in [1.29, 1.82) is 0 Å².